The van der Waals surface area contributed by atoms with Crippen LogP contribution in [-0.4, -0.2) is 43.3 Å². The second kappa shape index (κ2) is 8.78. The maximum atomic E-state index is 11.8. The molecule has 0 aliphatic rings. The van der Waals surface area contributed by atoms with Gasteiger partial charge in [-0.15, -0.1) is 0 Å². The van der Waals surface area contributed by atoms with E-state index in [1.54, 1.807) is 12.1 Å². The number of carbonyl (C=O) groups excluding carboxylic acids is 1. The standard InChI is InChI=1S/C13H17BrN2O4S/c1-19-11-7-8(5-9(14)12(11)20-2)6-10(16-18)13(17)15-3-4-21/h5,7,18,21H,3-4,6H2,1-2H3,(H,15,17)/b16-10+. The topological polar surface area (TPSA) is 80.2 Å². The lowest BCUT2D eigenvalue weighted by atomic mass is 10.1. The van der Waals surface area contributed by atoms with E-state index in [2.05, 4.69) is 39.0 Å². The summed E-state index contributed by atoms with van der Waals surface area (Å²) < 4.78 is 11.1. The Morgan fingerprint density at radius 2 is 2.14 bits per heavy atom. The molecule has 116 valence electrons. The minimum atomic E-state index is -0.433. The summed E-state index contributed by atoms with van der Waals surface area (Å²) in [7, 11) is 3.06. The molecule has 0 heterocycles. The fraction of sp³-hybridized carbons (Fsp3) is 0.385. The van der Waals surface area contributed by atoms with E-state index >= 15 is 0 Å². The third-order valence-electron chi connectivity index (χ3n) is 2.65. The van der Waals surface area contributed by atoms with E-state index in [0.29, 0.717) is 28.3 Å². The van der Waals surface area contributed by atoms with E-state index in [1.807, 2.05) is 0 Å². The maximum Gasteiger partial charge on any atom is 0.269 e. The highest BCUT2D eigenvalue weighted by molar-refractivity contribution is 9.10. The first-order valence-corrected chi connectivity index (χ1v) is 7.50. The predicted octanol–water partition coefficient (Wildman–Crippen LogP) is 1.89. The molecule has 0 saturated carbocycles. The van der Waals surface area contributed by atoms with Gasteiger partial charge in [0.1, 0.15) is 5.71 Å². The summed E-state index contributed by atoms with van der Waals surface area (Å²) in [6.07, 6.45) is 0.161. The number of amides is 1. The highest BCUT2D eigenvalue weighted by Gasteiger charge is 2.16. The maximum absolute atomic E-state index is 11.8. The van der Waals surface area contributed by atoms with Gasteiger partial charge in [-0.1, -0.05) is 5.16 Å². The SMILES string of the molecule is COc1cc(C/C(=N\O)C(=O)NCCS)cc(Br)c1OC. The summed E-state index contributed by atoms with van der Waals surface area (Å²) in [6.45, 7) is 0.399. The van der Waals surface area contributed by atoms with E-state index in [4.69, 9.17) is 14.7 Å². The highest BCUT2D eigenvalue weighted by atomic mass is 79.9. The molecular weight excluding hydrogens is 360 g/mol. The van der Waals surface area contributed by atoms with Gasteiger partial charge in [-0.2, -0.15) is 12.6 Å². The van der Waals surface area contributed by atoms with E-state index in [9.17, 15) is 4.79 Å². The van der Waals surface area contributed by atoms with E-state index in [-0.39, 0.29) is 12.1 Å². The number of ether oxygens (including phenoxy) is 2. The number of nitrogens with one attached hydrogen (secondary N) is 1. The van der Waals surface area contributed by atoms with Gasteiger partial charge in [-0.05, 0) is 33.6 Å². The van der Waals surface area contributed by atoms with Gasteiger partial charge in [0.25, 0.3) is 5.91 Å². The molecule has 0 radical (unpaired) electrons. The molecule has 0 fully saturated rings. The monoisotopic (exact) mass is 376 g/mol. The summed E-state index contributed by atoms with van der Waals surface area (Å²) >= 11 is 7.37. The van der Waals surface area contributed by atoms with Crippen molar-refractivity contribution >= 4 is 40.2 Å². The zero-order valence-corrected chi connectivity index (χ0v) is 14.2. The van der Waals surface area contributed by atoms with Crippen molar-refractivity contribution in [1.29, 1.82) is 0 Å². The smallest absolute Gasteiger partial charge is 0.269 e. The molecule has 2 N–H and O–H groups in total. The summed E-state index contributed by atoms with van der Waals surface area (Å²) in [5.41, 5.74) is 0.754. The molecule has 8 heteroatoms. The second-order valence-corrected chi connectivity index (χ2v) is 5.32. The molecule has 1 amide bonds. The van der Waals surface area contributed by atoms with Crippen LogP contribution in [0.4, 0.5) is 0 Å². The van der Waals surface area contributed by atoms with Gasteiger partial charge in [-0.3, -0.25) is 4.79 Å². The molecule has 0 spiro atoms. The Morgan fingerprint density at radius 1 is 1.43 bits per heavy atom. The summed E-state index contributed by atoms with van der Waals surface area (Å²) in [6, 6.07) is 3.50. The average molecular weight is 377 g/mol. The molecule has 0 unspecified atom stereocenters. The number of hydrogen-bond acceptors (Lipinski definition) is 6. The van der Waals surface area contributed by atoms with Crippen molar-refractivity contribution < 1.29 is 19.5 Å². The van der Waals surface area contributed by atoms with E-state index in [1.165, 1.54) is 14.2 Å². The fourth-order valence-electron chi connectivity index (χ4n) is 1.70. The van der Waals surface area contributed by atoms with Crippen LogP contribution in [-0.2, 0) is 11.2 Å². The van der Waals surface area contributed by atoms with Gasteiger partial charge >= 0.3 is 0 Å². The molecule has 0 saturated heterocycles. The number of hydrogen-bond donors (Lipinski definition) is 3. The summed E-state index contributed by atoms with van der Waals surface area (Å²) in [5.74, 6) is 1.16. The predicted molar refractivity (Wildman–Crippen MR) is 87.0 cm³/mol. The third kappa shape index (κ3) is 4.82. The van der Waals surface area contributed by atoms with Gasteiger partial charge in [-0.25, -0.2) is 0 Å². The lowest BCUT2D eigenvalue weighted by Gasteiger charge is -2.12. The van der Waals surface area contributed by atoms with E-state index < -0.39 is 5.91 Å². The van der Waals surface area contributed by atoms with Crippen LogP contribution < -0.4 is 14.8 Å². The molecule has 0 aliphatic heterocycles. The number of carbonyl (C=O) groups is 1. The molecule has 0 aliphatic carbocycles. The van der Waals surface area contributed by atoms with Crippen LogP contribution in [0.3, 0.4) is 0 Å². The minimum Gasteiger partial charge on any atom is -0.493 e. The Kier molecular flexibility index (Phi) is 7.38. The minimum absolute atomic E-state index is 0.0101. The van der Waals surface area contributed by atoms with Crippen molar-refractivity contribution in [2.24, 2.45) is 5.16 Å². The Labute approximate surface area is 137 Å². The van der Waals surface area contributed by atoms with Gasteiger partial charge in [0.2, 0.25) is 0 Å². The van der Waals surface area contributed by atoms with Crippen LogP contribution in [0.5, 0.6) is 11.5 Å². The highest BCUT2D eigenvalue weighted by Crippen LogP contribution is 2.36. The average Bonchev–Trinajstić information content (AvgIpc) is 2.49. The first-order valence-electron chi connectivity index (χ1n) is 6.07. The Balaban J connectivity index is 2.96. The van der Waals surface area contributed by atoms with Crippen molar-refractivity contribution in [3.05, 3.63) is 22.2 Å². The molecule has 0 atom stereocenters. The van der Waals surface area contributed by atoms with E-state index in [0.717, 1.165) is 5.56 Å². The molecule has 6 nitrogen and oxygen atoms in total. The van der Waals surface area contributed by atoms with Crippen LogP contribution >= 0.6 is 28.6 Å². The zero-order chi connectivity index (χ0) is 15.8. The molecule has 1 aromatic rings. The first-order chi connectivity index (χ1) is 10.1. The lowest BCUT2D eigenvalue weighted by molar-refractivity contribution is -0.114. The summed E-state index contributed by atoms with van der Waals surface area (Å²) in [5, 5.41) is 14.6. The van der Waals surface area contributed by atoms with Crippen LogP contribution in [0.2, 0.25) is 0 Å². The summed E-state index contributed by atoms with van der Waals surface area (Å²) in [4.78, 5) is 11.8. The normalized spacial score (nSPS) is 11.1. The van der Waals surface area contributed by atoms with Crippen molar-refractivity contribution in [3.8, 4) is 11.5 Å². The first kappa shape index (κ1) is 17.6. The molecule has 1 aromatic carbocycles. The lowest BCUT2D eigenvalue weighted by Crippen LogP contribution is -2.33. The quantitative estimate of drug-likeness (QED) is 0.293. The molecule has 0 bridgehead atoms. The van der Waals surface area contributed by atoms with Crippen molar-refractivity contribution in [1.82, 2.24) is 5.32 Å². The van der Waals surface area contributed by atoms with Crippen LogP contribution in [0.25, 0.3) is 0 Å². The number of rotatable bonds is 7. The zero-order valence-electron chi connectivity index (χ0n) is 11.7. The van der Waals surface area contributed by atoms with Crippen LogP contribution in [0.1, 0.15) is 5.56 Å². The van der Waals surface area contributed by atoms with Crippen molar-refractivity contribution in [2.45, 2.75) is 6.42 Å². The molecular formula is C13H17BrN2O4S. The molecule has 0 aromatic heterocycles. The second-order valence-electron chi connectivity index (χ2n) is 4.02. The number of halogens is 1. The number of thiol groups is 1. The number of methoxy groups -OCH3 is 2. The fourth-order valence-corrected chi connectivity index (χ4v) is 2.46. The Morgan fingerprint density at radius 3 is 2.67 bits per heavy atom. The Hall–Kier alpha value is -1.41. The Bertz CT molecular complexity index is 537. The van der Waals surface area contributed by atoms with Crippen LogP contribution in [0.15, 0.2) is 21.8 Å². The number of oxime groups is 1. The van der Waals surface area contributed by atoms with Gasteiger partial charge in [0.15, 0.2) is 11.5 Å². The molecule has 1 rings (SSSR count). The van der Waals surface area contributed by atoms with Crippen molar-refractivity contribution in [3.63, 3.8) is 0 Å². The van der Waals surface area contributed by atoms with Crippen LogP contribution in [0, 0.1) is 0 Å². The van der Waals surface area contributed by atoms with Gasteiger partial charge < -0.3 is 20.0 Å². The third-order valence-corrected chi connectivity index (χ3v) is 3.46. The van der Waals surface area contributed by atoms with Gasteiger partial charge in [0, 0.05) is 18.7 Å². The number of benzene rings is 1. The molecule has 21 heavy (non-hydrogen) atoms. The number of nitrogens with zero attached hydrogens (tertiary/aromatic N) is 1. The van der Waals surface area contributed by atoms with Crippen molar-refractivity contribution in [2.75, 3.05) is 26.5 Å². The van der Waals surface area contributed by atoms with Gasteiger partial charge in [0.05, 0.1) is 18.7 Å². The largest absolute Gasteiger partial charge is 0.493 e.